The van der Waals surface area contributed by atoms with Crippen LogP contribution in [0.4, 0.5) is 5.13 Å². The lowest BCUT2D eigenvalue weighted by molar-refractivity contribution is -0.117. The van der Waals surface area contributed by atoms with Crippen molar-refractivity contribution >= 4 is 38.4 Å². The number of amides is 1. The Hall–Kier alpha value is -3.71. The van der Waals surface area contributed by atoms with Gasteiger partial charge in [-0.25, -0.2) is 4.98 Å². The molecular weight excluding hydrogens is 472 g/mol. The number of aliphatic hydroxyl groups excluding tert-OH is 1. The van der Waals surface area contributed by atoms with E-state index in [1.807, 2.05) is 36.4 Å². The highest BCUT2D eigenvalue weighted by atomic mass is 32.1. The molecule has 7 heteroatoms. The van der Waals surface area contributed by atoms with Crippen molar-refractivity contribution in [2.75, 3.05) is 4.90 Å². The first-order valence-corrected chi connectivity index (χ1v) is 12.8. The maximum atomic E-state index is 13.6. The Balaban J connectivity index is 1.66. The van der Waals surface area contributed by atoms with E-state index in [9.17, 15) is 14.7 Å². The number of aromatic nitrogens is 1. The number of fused-ring (bicyclic) bond motifs is 1. The molecule has 1 aliphatic rings. The lowest BCUT2D eigenvalue weighted by atomic mass is 9.85. The summed E-state index contributed by atoms with van der Waals surface area (Å²) in [5, 5.41) is 11.4. The lowest BCUT2D eigenvalue weighted by Gasteiger charge is -2.25. The maximum Gasteiger partial charge on any atom is 0.296 e. The van der Waals surface area contributed by atoms with E-state index in [2.05, 4.69) is 33.8 Å². The second-order valence-electron chi connectivity index (χ2n) is 10.1. The fourth-order valence-electron chi connectivity index (χ4n) is 4.48. The monoisotopic (exact) mass is 500 g/mol. The second kappa shape index (κ2) is 8.75. The summed E-state index contributed by atoms with van der Waals surface area (Å²) in [6, 6.07) is 16.2. The number of hydrogen-bond acceptors (Lipinski definition) is 6. The minimum absolute atomic E-state index is 0.00800. The van der Waals surface area contributed by atoms with Crippen LogP contribution < -0.4 is 4.90 Å². The number of furan rings is 1. The molecule has 0 radical (unpaired) electrons. The first kappa shape index (κ1) is 24.0. The topological polar surface area (TPSA) is 83.6 Å². The highest BCUT2D eigenvalue weighted by molar-refractivity contribution is 7.22. The molecule has 0 bridgehead atoms. The fraction of sp³-hybridized carbons (Fsp3) is 0.276. The molecule has 1 amide bonds. The summed E-state index contributed by atoms with van der Waals surface area (Å²) in [7, 11) is 0. The number of anilines is 1. The van der Waals surface area contributed by atoms with Gasteiger partial charge in [0, 0.05) is 0 Å². The number of carbonyl (C=O) groups is 2. The Labute approximate surface area is 213 Å². The van der Waals surface area contributed by atoms with E-state index in [-0.39, 0.29) is 16.7 Å². The van der Waals surface area contributed by atoms with Crippen molar-refractivity contribution < 1.29 is 19.1 Å². The predicted molar refractivity (Wildman–Crippen MR) is 142 cm³/mol. The molecule has 0 saturated heterocycles. The molecule has 1 atom stereocenters. The number of benzene rings is 2. The third kappa shape index (κ3) is 4.03. The zero-order valence-corrected chi connectivity index (χ0v) is 21.8. The van der Waals surface area contributed by atoms with E-state index in [1.54, 1.807) is 19.1 Å². The molecule has 0 aliphatic carbocycles. The van der Waals surface area contributed by atoms with Crippen LogP contribution in [0.5, 0.6) is 0 Å². The van der Waals surface area contributed by atoms with Gasteiger partial charge in [0.2, 0.25) is 5.78 Å². The van der Waals surface area contributed by atoms with Crippen LogP contribution in [0.2, 0.25) is 0 Å². The minimum atomic E-state index is -0.837. The van der Waals surface area contributed by atoms with E-state index in [0.717, 1.165) is 22.2 Å². The molecule has 0 saturated carbocycles. The van der Waals surface area contributed by atoms with Crippen LogP contribution in [0.15, 0.2) is 70.3 Å². The number of hydrogen-bond donors (Lipinski definition) is 1. The van der Waals surface area contributed by atoms with E-state index in [0.29, 0.717) is 16.5 Å². The molecule has 36 heavy (non-hydrogen) atoms. The van der Waals surface area contributed by atoms with Crippen LogP contribution >= 0.6 is 11.3 Å². The predicted octanol–water partition coefficient (Wildman–Crippen LogP) is 6.84. The summed E-state index contributed by atoms with van der Waals surface area (Å²) in [4.78, 5) is 33.2. The van der Waals surface area contributed by atoms with Crippen LogP contribution in [-0.2, 0) is 16.6 Å². The Bertz CT molecular complexity index is 1520. The summed E-state index contributed by atoms with van der Waals surface area (Å²) < 4.78 is 6.51. The molecular formula is C29H28N2O4S. The highest BCUT2D eigenvalue weighted by Gasteiger charge is 2.46. The molecule has 184 valence electrons. The molecule has 1 aliphatic heterocycles. The molecule has 6 nitrogen and oxygen atoms in total. The first-order valence-electron chi connectivity index (χ1n) is 12.0. The van der Waals surface area contributed by atoms with Crippen molar-refractivity contribution in [3.8, 4) is 0 Å². The molecule has 0 spiro atoms. The molecule has 3 heterocycles. The van der Waals surface area contributed by atoms with E-state index in [1.165, 1.54) is 21.8 Å². The second-order valence-corrected chi connectivity index (χ2v) is 11.1. The van der Waals surface area contributed by atoms with Crippen LogP contribution in [-0.4, -0.2) is 21.8 Å². The van der Waals surface area contributed by atoms with Crippen molar-refractivity contribution in [1.82, 2.24) is 4.98 Å². The van der Waals surface area contributed by atoms with Crippen LogP contribution in [0.3, 0.4) is 0 Å². The molecule has 2 aromatic heterocycles. The Morgan fingerprint density at radius 2 is 1.83 bits per heavy atom. The molecule has 4 aromatic rings. The highest BCUT2D eigenvalue weighted by Crippen LogP contribution is 2.44. The number of carbonyl (C=O) groups excluding carboxylic acids is 2. The molecule has 0 fully saturated rings. The van der Waals surface area contributed by atoms with Crippen molar-refractivity contribution in [3.63, 3.8) is 0 Å². The average Bonchev–Trinajstić information content (AvgIpc) is 3.53. The molecule has 0 unspecified atom stereocenters. The van der Waals surface area contributed by atoms with Gasteiger partial charge < -0.3 is 9.52 Å². The fourth-order valence-corrected chi connectivity index (χ4v) is 5.54. The van der Waals surface area contributed by atoms with Crippen molar-refractivity contribution in [3.05, 3.63) is 94.1 Å². The number of thiazole rings is 1. The van der Waals surface area contributed by atoms with E-state index >= 15 is 0 Å². The van der Waals surface area contributed by atoms with E-state index < -0.39 is 23.5 Å². The number of aliphatic hydroxyl groups is 1. The van der Waals surface area contributed by atoms with Crippen molar-refractivity contribution in [2.24, 2.45) is 0 Å². The summed E-state index contributed by atoms with van der Waals surface area (Å²) >= 11 is 1.37. The Morgan fingerprint density at radius 1 is 1.11 bits per heavy atom. The Kier molecular flexibility index (Phi) is 5.83. The van der Waals surface area contributed by atoms with Crippen molar-refractivity contribution in [2.45, 2.75) is 52.5 Å². The summed E-state index contributed by atoms with van der Waals surface area (Å²) in [5.74, 6) is -1.09. The molecule has 1 N–H and O–H groups in total. The standard InChI is InChI=1S/C29H28N2O4S/c1-6-17-8-13-20-22(15-17)36-28(30-20)31-24(18-9-11-19(12-10-18)29(3,4)5)23(26(33)27(31)34)25(32)21-14-7-16(2)35-21/h7-15,24,33H,6H2,1-5H3/t24-/m0/s1. The molecule has 5 rings (SSSR count). The van der Waals surface area contributed by atoms with Gasteiger partial charge >= 0.3 is 0 Å². The first-order chi connectivity index (χ1) is 17.1. The van der Waals surface area contributed by atoms with Gasteiger partial charge in [0.25, 0.3) is 5.91 Å². The van der Waals surface area contributed by atoms with Gasteiger partial charge in [-0.3, -0.25) is 14.5 Å². The van der Waals surface area contributed by atoms with Gasteiger partial charge in [0.05, 0.1) is 21.8 Å². The number of ketones is 1. The maximum absolute atomic E-state index is 13.6. The zero-order valence-electron chi connectivity index (χ0n) is 21.0. The SMILES string of the molecule is CCc1ccc2nc(N3C(=O)C(O)=C(C(=O)c4ccc(C)o4)[C@@H]3c3ccc(C(C)(C)C)cc3)sc2c1. The van der Waals surface area contributed by atoms with Crippen LogP contribution in [0, 0.1) is 6.92 Å². The summed E-state index contributed by atoms with van der Waals surface area (Å²) in [6.07, 6.45) is 0.887. The minimum Gasteiger partial charge on any atom is -0.503 e. The number of rotatable bonds is 5. The van der Waals surface area contributed by atoms with Gasteiger partial charge in [-0.1, -0.05) is 69.4 Å². The van der Waals surface area contributed by atoms with Crippen LogP contribution in [0.1, 0.15) is 66.7 Å². The lowest BCUT2D eigenvalue weighted by Crippen LogP contribution is -2.31. The van der Waals surface area contributed by atoms with Gasteiger partial charge in [-0.2, -0.15) is 0 Å². The largest absolute Gasteiger partial charge is 0.503 e. The summed E-state index contributed by atoms with van der Waals surface area (Å²) in [5.41, 5.74) is 3.70. The van der Waals surface area contributed by atoms with E-state index in [4.69, 9.17) is 9.40 Å². The third-order valence-corrected chi connectivity index (χ3v) is 7.58. The average molecular weight is 501 g/mol. The quantitative estimate of drug-likeness (QED) is 0.303. The number of Topliss-reactive ketones (excluding diaryl/α,β-unsaturated/α-hetero) is 1. The van der Waals surface area contributed by atoms with Gasteiger partial charge in [-0.15, -0.1) is 0 Å². The third-order valence-electron chi connectivity index (χ3n) is 6.57. The Morgan fingerprint density at radius 3 is 2.44 bits per heavy atom. The zero-order chi connectivity index (χ0) is 25.8. The van der Waals surface area contributed by atoms with Crippen molar-refractivity contribution in [1.29, 1.82) is 0 Å². The normalized spacial score (nSPS) is 16.4. The van der Waals surface area contributed by atoms with Gasteiger partial charge in [0.1, 0.15) is 5.76 Å². The van der Waals surface area contributed by atoms with Gasteiger partial charge in [0.15, 0.2) is 16.7 Å². The number of nitrogens with zero attached hydrogens (tertiary/aromatic N) is 2. The van der Waals surface area contributed by atoms with Crippen LogP contribution in [0.25, 0.3) is 10.2 Å². The molecule has 2 aromatic carbocycles. The summed E-state index contributed by atoms with van der Waals surface area (Å²) in [6.45, 7) is 10.2. The smallest absolute Gasteiger partial charge is 0.296 e. The number of aryl methyl sites for hydroxylation is 2. The van der Waals surface area contributed by atoms with Gasteiger partial charge in [-0.05, 0) is 59.7 Å².